The molecular formula is C15H19NO3. The van der Waals surface area contributed by atoms with Gasteiger partial charge in [0.25, 0.3) is 0 Å². The SMILES string of the molecule is CCC[C@@H](Cc1ccccc1)C(=O)N1CCOC1=O. The average molecular weight is 261 g/mol. The van der Waals surface area contributed by atoms with E-state index in [1.165, 1.54) is 4.90 Å². The van der Waals surface area contributed by atoms with Gasteiger partial charge in [-0.15, -0.1) is 0 Å². The molecule has 0 aliphatic carbocycles. The molecule has 1 aromatic carbocycles. The minimum absolute atomic E-state index is 0.104. The zero-order chi connectivity index (χ0) is 13.7. The fraction of sp³-hybridized carbons (Fsp3) is 0.467. The van der Waals surface area contributed by atoms with E-state index in [0.717, 1.165) is 18.4 Å². The Balaban J connectivity index is 2.06. The first-order valence-electron chi connectivity index (χ1n) is 6.74. The highest BCUT2D eigenvalue weighted by Crippen LogP contribution is 2.19. The van der Waals surface area contributed by atoms with Crippen molar-refractivity contribution in [3.63, 3.8) is 0 Å². The second kappa shape index (κ2) is 6.36. The predicted molar refractivity (Wildman–Crippen MR) is 71.6 cm³/mol. The largest absolute Gasteiger partial charge is 0.447 e. The van der Waals surface area contributed by atoms with Crippen LogP contribution >= 0.6 is 0 Å². The molecule has 0 N–H and O–H groups in total. The van der Waals surface area contributed by atoms with E-state index in [1.54, 1.807) is 0 Å². The van der Waals surface area contributed by atoms with Gasteiger partial charge in [-0.1, -0.05) is 43.7 Å². The minimum atomic E-state index is -0.501. The van der Waals surface area contributed by atoms with Gasteiger partial charge in [0, 0.05) is 5.92 Å². The number of amides is 2. The lowest BCUT2D eigenvalue weighted by molar-refractivity contribution is -0.132. The Morgan fingerprint density at radius 2 is 2.11 bits per heavy atom. The van der Waals surface area contributed by atoms with Crippen molar-refractivity contribution in [2.24, 2.45) is 5.92 Å². The van der Waals surface area contributed by atoms with Crippen molar-refractivity contribution in [2.75, 3.05) is 13.2 Å². The van der Waals surface area contributed by atoms with E-state index in [0.29, 0.717) is 19.6 Å². The number of imide groups is 1. The Kier molecular flexibility index (Phi) is 4.55. The molecule has 2 amide bonds. The highest BCUT2D eigenvalue weighted by atomic mass is 16.6. The fourth-order valence-electron chi connectivity index (χ4n) is 2.37. The number of ether oxygens (including phenoxy) is 1. The first-order valence-corrected chi connectivity index (χ1v) is 6.74. The van der Waals surface area contributed by atoms with Gasteiger partial charge in [0.15, 0.2) is 0 Å². The molecule has 102 valence electrons. The van der Waals surface area contributed by atoms with Gasteiger partial charge in [-0.2, -0.15) is 0 Å². The molecule has 0 aromatic heterocycles. The van der Waals surface area contributed by atoms with Crippen molar-refractivity contribution < 1.29 is 14.3 Å². The topological polar surface area (TPSA) is 46.6 Å². The fourth-order valence-corrected chi connectivity index (χ4v) is 2.37. The second-order valence-electron chi connectivity index (χ2n) is 4.78. The number of nitrogens with zero attached hydrogens (tertiary/aromatic N) is 1. The van der Waals surface area contributed by atoms with Crippen LogP contribution in [0.4, 0.5) is 4.79 Å². The molecule has 4 nitrogen and oxygen atoms in total. The summed E-state index contributed by atoms with van der Waals surface area (Å²) >= 11 is 0. The van der Waals surface area contributed by atoms with Crippen LogP contribution in [-0.2, 0) is 16.0 Å². The molecule has 1 atom stereocenters. The van der Waals surface area contributed by atoms with E-state index in [1.807, 2.05) is 37.3 Å². The van der Waals surface area contributed by atoms with Crippen LogP contribution in [0.25, 0.3) is 0 Å². The number of cyclic esters (lactones) is 1. The van der Waals surface area contributed by atoms with E-state index in [4.69, 9.17) is 4.74 Å². The molecule has 1 saturated heterocycles. The average Bonchev–Trinajstić information content (AvgIpc) is 2.85. The van der Waals surface area contributed by atoms with Crippen LogP contribution in [-0.4, -0.2) is 30.1 Å². The molecule has 0 saturated carbocycles. The molecule has 1 aliphatic rings. The Labute approximate surface area is 113 Å². The number of hydrogen-bond donors (Lipinski definition) is 0. The summed E-state index contributed by atoms with van der Waals surface area (Å²) in [6.07, 6.45) is 1.89. The maximum absolute atomic E-state index is 12.4. The molecule has 1 heterocycles. The summed E-state index contributed by atoms with van der Waals surface area (Å²) in [5.41, 5.74) is 1.13. The summed E-state index contributed by atoms with van der Waals surface area (Å²) in [4.78, 5) is 25.1. The molecule has 1 aromatic rings. The highest BCUT2D eigenvalue weighted by Gasteiger charge is 2.32. The Hall–Kier alpha value is -1.84. The molecule has 1 aliphatic heterocycles. The zero-order valence-corrected chi connectivity index (χ0v) is 11.2. The van der Waals surface area contributed by atoms with Crippen LogP contribution in [0.15, 0.2) is 30.3 Å². The Bertz CT molecular complexity index is 444. The summed E-state index contributed by atoms with van der Waals surface area (Å²) in [5.74, 6) is -0.244. The van der Waals surface area contributed by atoms with Crippen molar-refractivity contribution in [3.05, 3.63) is 35.9 Å². The molecule has 19 heavy (non-hydrogen) atoms. The third-order valence-electron chi connectivity index (χ3n) is 3.34. The lowest BCUT2D eigenvalue weighted by atomic mass is 9.94. The van der Waals surface area contributed by atoms with Crippen molar-refractivity contribution in [1.82, 2.24) is 4.90 Å². The van der Waals surface area contributed by atoms with Crippen LogP contribution in [0.3, 0.4) is 0 Å². The quantitative estimate of drug-likeness (QED) is 0.818. The zero-order valence-electron chi connectivity index (χ0n) is 11.2. The van der Waals surface area contributed by atoms with Gasteiger partial charge in [0.05, 0.1) is 6.54 Å². The molecule has 2 rings (SSSR count). The van der Waals surface area contributed by atoms with Crippen LogP contribution in [0.5, 0.6) is 0 Å². The number of carbonyl (C=O) groups is 2. The summed E-state index contributed by atoms with van der Waals surface area (Å²) < 4.78 is 4.83. The highest BCUT2D eigenvalue weighted by molar-refractivity contribution is 5.94. The lowest BCUT2D eigenvalue weighted by Crippen LogP contribution is -2.37. The molecule has 0 bridgehead atoms. The van der Waals surface area contributed by atoms with Gasteiger partial charge in [0.2, 0.25) is 5.91 Å². The Morgan fingerprint density at radius 1 is 1.37 bits per heavy atom. The standard InChI is InChI=1S/C15H19NO3/c1-2-6-13(11-12-7-4-3-5-8-12)14(17)16-9-10-19-15(16)18/h3-5,7-8,13H,2,6,9-11H2,1H3/t13-/m0/s1. The number of hydrogen-bond acceptors (Lipinski definition) is 3. The molecule has 1 fully saturated rings. The maximum Gasteiger partial charge on any atom is 0.416 e. The van der Waals surface area contributed by atoms with E-state index in [9.17, 15) is 9.59 Å². The normalized spacial score (nSPS) is 16.3. The third-order valence-corrected chi connectivity index (χ3v) is 3.34. The maximum atomic E-state index is 12.4. The molecular weight excluding hydrogens is 242 g/mol. The van der Waals surface area contributed by atoms with E-state index in [2.05, 4.69) is 0 Å². The van der Waals surface area contributed by atoms with Crippen LogP contribution < -0.4 is 0 Å². The number of rotatable bonds is 5. The molecule has 0 spiro atoms. The minimum Gasteiger partial charge on any atom is -0.447 e. The van der Waals surface area contributed by atoms with Gasteiger partial charge in [0.1, 0.15) is 6.61 Å². The van der Waals surface area contributed by atoms with Gasteiger partial charge in [-0.25, -0.2) is 9.69 Å². The van der Waals surface area contributed by atoms with Crippen molar-refractivity contribution in [3.8, 4) is 0 Å². The predicted octanol–water partition coefficient (Wildman–Crippen LogP) is 2.62. The van der Waals surface area contributed by atoms with Crippen LogP contribution in [0, 0.1) is 5.92 Å². The smallest absolute Gasteiger partial charge is 0.416 e. The van der Waals surface area contributed by atoms with Crippen LogP contribution in [0.1, 0.15) is 25.3 Å². The van der Waals surface area contributed by atoms with Crippen molar-refractivity contribution in [2.45, 2.75) is 26.2 Å². The van der Waals surface area contributed by atoms with Gasteiger partial charge >= 0.3 is 6.09 Å². The monoisotopic (exact) mass is 261 g/mol. The van der Waals surface area contributed by atoms with E-state index < -0.39 is 6.09 Å². The second-order valence-corrected chi connectivity index (χ2v) is 4.78. The van der Waals surface area contributed by atoms with Crippen molar-refractivity contribution in [1.29, 1.82) is 0 Å². The van der Waals surface area contributed by atoms with Gasteiger partial charge in [-0.05, 0) is 18.4 Å². The summed E-state index contributed by atoms with van der Waals surface area (Å²) in [5, 5.41) is 0. The summed E-state index contributed by atoms with van der Waals surface area (Å²) in [6, 6.07) is 9.91. The van der Waals surface area contributed by atoms with Gasteiger partial charge in [-0.3, -0.25) is 4.79 Å². The molecule has 0 unspecified atom stereocenters. The molecule has 4 heteroatoms. The summed E-state index contributed by atoms with van der Waals surface area (Å²) in [7, 11) is 0. The first kappa shape index (κ1) is 13.6. The molecule has 0 radical (unpaired) electrons. The van der Waals surface area contributed by atoms with Gasteiger partial charge < -0.3 is 4.74 Å². The number of carbonyl (C=O) groups excluding carboxylic acids is 2. The van der Waals surface area contributed by atoms with E-state index in [-0.39, 0.29) is 11.8 Å². The third kappa shape index (κ3) is 3.34. The van der Waals surface area contributed by atoms with Crippen molar-refractivity contribution >= 4 is 12.0 Å². The van der Waals surface area contributed by atoms with E-state index >= 15 is 0 Å². The Morgan fingerprint density at radius 3 is 2.68 bits per heavy atom. The number of benzene rings is 1. The first-order chi connectivity index (χ1) is 9.22. The lowest BCUT2D eigenvalue weighted by Gasteiger charge is -2.20. The van der Waals surface area contributed by atoms with Crippen LogP contribution in [0.2, 0.25) is 0 Å². The summed E-state index contributed by atoms with van der Waals surface area (Å²) in [6.45, 7) is 2.75.